The quantitative estimate of drug-likeness (QED) is 0.0211. The molecule has 2 atom stereocenters. The third kappa shape index (κ3) is 70.0. The molecular formula is C80H130NO8+. The molecule has 0 saturated heterocycles. The molecule has 0 aromatic carbocycles. The van der Waals surface area contributed by atoms with Gasteiger partial charge in [0.25, 0.3) is 6.29 Å². The highest BCUT2D eigenvalue weighted by Crippen LogP contribution is 2.15. The van der Waals surface area contributed by atoms with Gasteiger partial charge in [-0.3, -0.25) is 9.59 Å². The molecule has 0 fully saturated rings. The number of carbonyl (C=O) groups excluding carboxylic acids is 2. The largest absolute Gasteiger partial charge is 0.477 e. The molecule has 0 saturated carbocycles. The van der Waals surface area contributed by atoms with E-state index in [-0.39, 0.29) is 38.6 Å². The van der Waals surface area contributed by atoms with Crippen LogP contribution in [0.3, 0.4) is 0 Å². The maximum Gasteiger partial charge on any atom is 0.361 e. The van der Waals surface area contributed by atoms with E-state index < -0.39 is 24.3 Å². The minimum atomic E-state index is -1.53. The molecule has 1 N–H and O–H groups in total. The Hall–Kier alpha value is -5.35. The number of rotatable bonds is 63. The maximum atomic E-state index is 12.9. The molecular weight excluding hydrogens is 1100 g/mol. The Labute approximate surface area is 546 Å². The van der Waals surface area contributed by atoms with Gasteiger partial charge < -0.3 is 28.5 Å². The number of allylic oxidation sites excluding steroid dienone is 28. The van der Waals surface area contributed by atoms with Crippen molar-refractivity contribution in [2.75, 3.05) is 47.5 Å². The van der Waals surface area contributed by atoms with Gasteiger partial charge in [0, 0.05) is 12.8 Å². The number of hydrogen-bond donors (Lipinski definition) is 1. The van der Waals surface area contributed by atoms with Gasteiger partial charge in [-0.25, -0.2) is 4.79 Å². The predicted octanol–water partition coefficient (Wildman–Crippen LogP) is 22.2. The molecule has 0 heterocycles. The lowest BCUT2D eigenvalue weighted by Crippen LogP contribution is -2.40. The normalized spacial score (nSPS) is 13.8. The van der Waals surface area contributed by atoms with Crippen molar-refractivity contribution in [2.24, 2.45) is 0 Å². The number of carboxylic acid groups (broad SMARTS) is 1. The van der Waals surface area contributed by atoms with E-state index in [1.54, 1.807) is 0 Å². The Morgan fingerprint density at radius 3 is 0.955 bits per heavy atom. The number of unbranched alkanes of at least 4 members (excludes halogenated alkanes) is 20. The van der Waals surface area contributed by atoms with E-state index in [1.807, 2.05) is 21.1 Å². The van der Waals surface area contributed by atoms with E-state index in [0.29, 0.717) is 17.4 Å². The lowest BCUT2D eigenvalue weighted by molar-refractivity contribution is -0.870. The van der Waals surface area contributed by atoms with Gasteiger partial charge in [-0.2, -0.15) is 0 Å². The molecule has 9 heteroatoms. The van der Waals surface area contributed by atoms with Gasteiger partial charge in [0.15, 0.2) is 6.10 Å². The summed E-state index contributed by atoms with van der Waals surface area (Å²) in [6, 6.07) is 0. The van der Waals surface area contributed by atoms with Gasteiger partial charge in [0.2, 0.25) is 0 Å². The van der Waals surface area contributed by atoms with Crippen molar-refractivity contribution in [1.29, 1.82) is 0 Å². The number of likely N-dealkylation sites (N-methyl/N-ethyl adjacent to an activating group) is 1. The first-order valence-corrected chi connectivity index (χ1v) is 35.3. The summed E-state index contributed by atoms with van der Waals surface area (Å²) in [6.45, 7) is 4.71. The van der Waals surface area contributed by atoms with Crippen LogP contribution in [0, 0.1) is 0 Å². The Morgan fingerprint density at radius 1 is 0.348 bits per heavy atom. The lowest BCUT2D eigenvalue weighted by Gasteiger charge is -2.25. The highest BCUT2D eigenvalue weighted by molar-refractivity contribution is 5.71. The highest BCUT2D eigenvalue weighted by Gasteiger charge is 2.25. The van der Waals surface area contributed by atoms with Crippen LogP contribution in [-0.4, -0.2) is 87.4 Å². The van der Waals surface area contributed by atoms with E-state index in [1.165, 1.54) is 96.3 Å². The number of ether oxygens (including phenoxy) is 4. The fourth-order valence-corrected chi connectivity index (χ4v) is 9.08. The number of nitrogens with zero attached hydrogens (tertiary/aromatic N) is 1. The van der Waals surface area contributed by atoms with E-state index in [2.05, 4.69) is 184 Å². The highest BCUT2D eigenvalue weighted by atomic mass is 16.7. The van der Waals surface area contributed by atoms with Crippen molar-refractivity contribution >= 4 is 17.9 Å². The predicted molar refractivity (Wildman–Crippen MR) is 382 cm³/mol. The summed E-state index contributed by atoms with van der Waals surface area (Å²) in [4.78, 5) is 37.6. The van der Waals surface area contributed by atoms with Crippen molar-refractivity contribution in [3.05, 3.63) is 170 Å². The first-order chi connectivity index (χ1) is 43.6. The SMILES string of the molecule is CC/C=C\C/C=C\C/C=C\C/C=C\C/C=C\C/C=C\C/C=C\C/C=C\C/C=C\C/C=C\C/C=C\C/C=C\CCCCCCC(=O)OC(COC(=O)CCCCCCCCCCCCC/C=C\C/C=C\CCCCCCC)COC(OCC[N+](C)(C)C)C(=O)O. The van der Waals surface area contributed by atoms with Crippen LogP contribution in [0.15, 0.2) is 170 Å². The van der Waals surface area contributed by atoms with Gasteiger partial charge in [-0.05, 0) is 135 Å². The third-order valence-electron chi connectivity index (χ3n) is 14.5. The van der Waals surface area contributed by atoms with Gasteiger partial charge in [-0.15, -0.1) is 0 Å². The average molecular weight is 1230 g/mol. The minimum absolute atomic E-state index is 0.173. The van der Waals surface area contributed by atoms with Crippen LogP contribution < -0.4 is 0 Å². The zero-order valence-electron chi connectivity index (χ0n) is 57.3. The van der Waals surface area contributed by atoms with Gasteiger partial charge in [0.1, 0.15) is 13.2 Å². The summed E-state index contributed by atoms with van der Waals surface area (Å²) < 4.78 is 22.9. The Morgan fingerprint density at radius 2 is 0.640 bits per heavy atom. The first kappa shape index (κ1) is 83.7. The molecule has 0 aliphatic heterocycles. The molecule has 0 spiro atoms. The second kappa shape index (κ2) is 68.6. The maximum absolute atomic E-state index is 12.9. The fraction of sp³-hybridized carbons (Fsp3) is 0.613. The van der Waals surface area contributed by atoms with Crippen LogP contribution in [0.25, 0.3) is 0 Å². The minimum Gasteiger partial charge on any atom is -0.477 e. The topological polar surface area (TPSA) is 108 Å². The molecule has 0 aliphatic carbocycles. The first-order valence-electron chi connectivity index (χ1n) is 35.3. The van der Waals surface area contributed by atoms with Crippen molar-refractivity contribution in [1.82, 2.24) is 0 Å². The molecule has 0 radical (unpaired) electrons. The van der Waals surface area contributed by atoms with Gasteiger partial charge >= 0.3 is 17.9 Å². The Balaban J connectivity index is 4.24. The summed E-state index contributed by atoms with van der Waals surface area (Å²) in [7, 11) is 5.95. The van der Waals surface area contributed by atoms with E-state index in [4.69, 9.17) is 18.9 Å². The lowest BCUT2D eigenvalue weighted by atomic mass is 10.0. The van der Waals surface area contributed by atoms with Gasteiger partial charge in [0.05, 0.1) is 34.4 Å². The second-order valence-electron chi connectivity index (χ2n) is 24.1. The summed E-state index contributed by atoms with van der Waals surface area (Å²) in [5.74, 6) is -2.06. The molecule has 9 nitrogen and oxygen atoms in total. The molecule has 0 bridgehead atoms. The van der Waals surface area contributed by atoms with Crippen LogP contribution in [-0.2, 0) is 33.3 Å². The van der Waals surface area contributed by atoms with Crippen LogP contribution in [0.1, 0.15) is 258 Å². The van der Waals surface area contributed by atoms with E-state index in [0.717, 1.165) is 128 Å². The van der Waals surface area contributed by atoms with Crippen molar-refractivity contribution < 1.29 is 42.9 Å². The van der Waals surface area contributed by atoms with Crippen LogP contribution in [0.5, 0.6) is 0 Å². The zero-order chi connectivity index (χ0) is 64.7. The van der Waals surface area contributed by atoms with E-state index in [9.17, 15) is 19.5 Å². The number of hydrogen-bond acceptors (Lipinski definition) is 7. The zero-order valence-corrected chi connectivity index (χ0v) is 57.3. The summed E-state index contributed by atoms with van der Waals surface area (Å²) in [5, 5.41) is 9.74. The van der Waals surface area contributed by atoms with Crippen LogP contribution in [0.4, 0.5) is 0 Å². The standard InChI is InChI=1S/C80H129NO8/c1-6-8-10-12-14-16-18-20-22-24-26-28-30-31-32-33-34-35-36-37-38-39-40-41-42-43-44-45-46-47-49-51-53-55-57-59-61-63-65-67-69-71-78(83)89-76(75-88-80(79(84)85)86-73-72-81(3,4)5)74-87-77(82)70-68-66-64-62-60-58-56-54-52-50-48-29-27-25-23-21-19-17-15-13-11-9-7-2/h8,10,14,16,19-22,25-28,31-32,34-35,37-38,40-41,43-44,46-47,51,53,57,59,76,80H,6-7,9,11-13,15,17-18,23-24,29-30,33,36,39,42,45,48-50,52,54-56,58,60-75H2,1-5H3/p+1/b10-8-,16-14-,21-19-,22-20-,27-25-,28-26-,32-31-,35-34-,38-37-,41-40-,44-43-,47-46-,53-51-,59-57-. The number of carboxylic acids is 1. The summed E-state index contributed by atoms with van der Waals surface area (Å²) >= 11 is 0. The molecule has 89 heavy (non-hydrogen) atoms. The number of carbonyl (C=O) groups is 3. The van der Waals surface area contributed by atoms with Crippen molar-refractivity contribution in [2.45, 2.75) is 270 Å². The third-order valence-corrected chi connectivity index (χ3v) is 14.5. The van der Waals surface area contributed by atoms with Crippen LogP contribution >= 0.6 is 0 Å². The van der Waals surface area contributed by atoms with Crippen molar-refractivity contribution in [3.63, 3.8) is 0 Å². The summed E-state index contributed by atoms with van der Waals surface area (Å²) in [5.41, 5.74) is 0. The number of quaternary nitrogens is 1. The van der Waals surface area contributed by atoms with E-state index >= 15 is 0 Å². The van der Waals surface area contributed by atoms with Gasteiger partial charge in [-0.1, -0.05) is 280 Å². The molecule has 0 amide bonds. The fourth-order valence-electron chi connectivity index (χ4n) is 9.08. The molecule has 0 rings (SSSR count). The number of esters is 2. The summed E-state index contributed by atoms with van der Waals surface area (Å²) in [6.07, 6.45) is 100. The molecule has 2 unspecified atom stereocenters. The molecule has 502 valence electrons. The molecule has 0 aromatic rings. The monoisotopic (exact) mass is 1230 g/mol. The smallest absolute Gasteiger partial charge is 0.361 e. The van der Waals surface area contributed by atoms with Crippen LogP contribution in [0.2, 0.25) is 0 Å². The molecule has 0 aliphatic rings. The Kier molecular flexibility index (Phi) is 64.4. The molecule has 0 aromatic heterocycles. The van der Waals surface area contributed by atoms with Crippen molar-refractivity contribution in [3.8, 4) is 0 Å². The second-order valence-corrected chi connectivity index (χ2v) is 24.1. The number of aliphatic carboxylic acids is 1. The Bertz CT molecular complexity index is 2070. The average Bonchev–Trinajstić information content (AvgIpc) is 3.64.